The number of amides is 2. The lowest BCUT2D eigenvalue weighted by molar-refractivity contribution is -0.136. The molecule has 0 aliphatic rings. The van der Waals surface area contributed by atoms with E-state index in [0.717, 1.165) is 12.0 Å². The van der Waals surface area contributed by atoms with Crippen LogP contribution in [0.25, 0.3) is 0 Å². The number of para-hydroxylation sites is 3. The van der Waals surface area contributed by atoms with E-state index in [9.17, 15) is 9.59 Å². The number of ether oxygens (including phenoxy) is 2. The molecule has 6 heteroatoms. The second-order valence-electron chi connectivity index (χ2n) is 5.91. The summed E-state index contributed by atoms with van der Waals surface area (Å²) in [6.07, 6.45) is 0.823. The summed E-state index contributed by atoms with van der Waals surface area (Å²) >= 11 is 0. The fraction of sp³-hybridized carbons (Fsp3) is 0.333. The van der Waals surface area contributed by atoms with Crippen LogP contribution in [0.1, 0.15) is 19.4 Å². The van der Waals surface area contributed by atoms with E-state index >= 15 is 0 Å². The van der Waals surface area contributed by atoms with Crippen LogP contribution < -0.4 is 14.8 Å². The summed E-state index contributed by atoms with van der Waals surface area (Å²) in [5, 5.41) is 2.77. The predicted octanol–water partition coefficient (Wildman–Crippen LogP) is 3.12. The summed E-state index contributed by atoms with van der Waals surface area (Å²) in [6, 6.07) is 14.8. The molecule has 6 nitrogen and oxygen atoms in total. The quantitative estimate of drug-likeness (QED) is 0.736. The Bertz CT molecular complexity index is 776. The number of nitrogens with zero attached hydrogens (tertiary/aromatic N) is 1. The summed E-state index contributed by atoms with van der Waals surface area (Å²) in [6.45, 7) is 4.12. The Labute approximate surface area is 160 Å². The third kappa shape index (κ3) is 5.74. The van der Waals surface area contributed by atoms with Gasteiger partial charge < -0.3 is 19.7 Å². The van der Waals surface area contributed by atoms with Crippen molar-refractivity contribution in [3.8, 4) is 11.5 Å². The molecule has 1 N–H and O–H groups in total. The van der Waals surface area contributed by atoms with Gasteiger partial charge in [-0.25, -0.2) is 0 Å². The van der Waals surface area contributed by atoms with Crippen molar-refractivity contribution in [2.24, 2.45) is 0 Å². The molecule has 0 atom stereocenters. The molecular weight excluding hydrogens is 344 g/mol. The summed E-state index contributed by atoms with van der Waals surface area (Å²) in [4.78, 5) is 26.2. The number of methoxy groups -OCH3 is 1. The molecule has 0 saturated carbocycles. The van der Waals surface area contributed by atoms with Gasteiger partial charge in [-0.1, -0.05) is 37.3 Å². The average Bonchev–Trinajstić information content (AvgIpc) is 2.70. The summed E-state index contributed by atoms with van der Waals surface area (Å²) in [7, 11) is 1.54. The Morgan fingerprint density at radius 1 is 1.00 bits per heavy atom. The molecule has 0 aromatic heterocycles. The minimum Gasteiger partial charge on any atom is -0.495 e. The average molecular weight is 370 g/mol. The highest BCUT2D eigenvalue weighted by Gasteiger charge is 2.17. The smallest absolute Gasteiger partial charge is 0.260 e. The molecule has 0 bridgehead atoms. The Morgan fingerprint density at radius 3 is 2.33 bits per heavy atom. The van der Waals surface area contributed by atoms with Gasteiger partial charge in [-0.3, -0.25) is 9.59 Å². The first-order valence-corrected chi connectivity index (χ1v) is 9.00. The van der Waals surface area contributed by atoms with E-state index in [2.05, 4.69) is 5.32 Å². The van der Waals surface area contributed by atoms with Crippen molar-refractivity contribution < 1.29 is 19.1 Å². The first-order chi connectivity index (χ1) is 13.1. The third-order valence-electron chi connectivity index (χ3n) is 4.15. The molecule has 144 valence electrons. The fourth-order valence-electron chi connectivity index (χ4n) is 2.65. The van der Waals surface area contributed by atoms with Crippen LogP contribution in [0.15, 0.2) is 48.5 Å². The summed E-state index contributed by atoms with van der Waals surface area (Å²) < 4.78 is 10.9. The van der Waals surface area contributed by atoms with Gasteiger partial charge in [0.1, 0.15) is 11.5 Å². The molecule has 0 heterocycles. The van der Waals surface area contributed by atoms with Crippen molar-refractivity contribution in [2.75, 3.05) is 32.1 Å². The van der Waals surface area contributed by atoms with Gasteiger partial charge in [0.05, 0.1) is 19.3 Å². The number of benzene rings is 2. The second kappa shape index (κ2) is 10.2. The zero-order valence-electron chi connectivity index (χ0n) is 16.0. The van der Waals surface area contributed by atoms with Crippen molar-refractivity contribution >= 4 is 17.5 Å². The maximum Gasteiger partial charge on any atom is 0.260 e. The van der Waals surface area contributed by atoms with Crippen molar-refractivity contribution in [2.45, 2.75) is 20.3 Å². The lowest BCUT2D eigenvalue weighted by Gasteiger charge is -2.21. The Balaban J connectivity index is 1.93. The first-order valence-electron chi connectivity index (χ1n) is 9.00. The van der Waals surface area contributed by atoms with E-state index in [-0.39, 0.29) is 25.0 Å². The Kier molecular flexibility index (Phi) is 7.67. The minimum atomic E-state index is -0.288. The molecule has 0 unspecified atom stereocenters. The predicted molar refractivity (Wildman–Crippen MR) is 105 cm³/mol. The van der Waals surface area contributed by atoms with Gasteiger partial charge in [0.15, 0.2) is 6.61 Å². The van der Waals surface area contributed by atoms with Gasteiger partial charge in [-0.05, 0) is 37.1 Å². The van der Waals surface area contributed by atoms with Crippen LogP contribution in [-0.2, 0) is 16.0 Å². The van der Waals surface area contributed by atoms with Crippen LogP contribution in [-0.4, -0.2) is 43.5 Å². The molecule has 2 aromatic carbocycles. The topological polar surface area (TPSA) is 67.9 Å². The van der Waals surface area contributed by atoms with Gasteiger partial charge >= 0.3 is 0 Å². The van der Waals surface area contributed by atoms with Crippen LogP contribution in [0.4, 0.5) is 5.69 Å². The minimum absolute atomic E-state index is 0.0494. The van der Waals surface area contributed by atoms with Gasteiger partial charge in [-0.2, -0.15) is 0 Å². The molecule has 0 saturated heterocycles. The lowest BCUT2D eigenvalue weighted by Crippen LogP contribution is -2.40. The number of aryl methyl sites for hydroxylation is 1. The third-order valence-corrected chi connectivity index (χ3v) is 4.15. The monoisotopic (exact) mass is 370 g/mol. The van der Waals surface area contributed by atoms with Crippen molar-refractivity contribution in [1.82, 2.24) is 4.90 Å². The molecular formula is C21H26N2O4. The highest BCUT2D eigenvalue weighted by molar-refractivity contribution is 5.95. The van der Waals surface area contributed by atoms with Crippen LogP contribution in [0.3, 0.4) is 0 Å². The van der Waals surface area contributed by atoms with E-state index in [4.69, 9.17) is 9.47 Å². The Hall–Kier alpha value is -3.02. The zero-order chi connectivity index (χ0) is 19.6. The highest BCUT2D eigenvalue weighted by atomic mass is 16.5. The number of nitrogens with one attached hydrogen (secondary N) is 1. The number of anilines is 1. The molecule has 0 aliphatic heterocycles. The Morgan fingerprint density at radius 2 is 1.67 bits per heavy atom. The molecule has 0 fully saturated rings. The number of hydrogen-bond donors (Lipinski definition) is 1. The van der Waals surface area contributed by atoms with E-state index in [0.29, 0.717) is 23.7 Å². The van der Waals surface area contributed by atoms with Gasteiger partial charge in [0.2, 0.25) is 5.91 Å². The first kappa shape index (κ1) is 20.3. The number of carbonyl (C=O) groups is 2. The number of rotatable bonds is 9. The number of carbonyl (C=O) groups excluding carboxylic acids is 2. The molecule has 2 aromatic rings. The SMILES string of the molecule is CCc1ccccc1OCC(=O)N(CC)CC(=O)Nc1ccccc1OC. The van der Waals surface area contributed by atoms with Crippen LogP contribution >= 0.6 is 0 Å². The fourth-order valence-corrected chi connectivity index (χ4v) is 2.65. The summed E-state index contributed by atoms with van der Waals surface area (Å²) in [5.74, 6) is 0.741. The maximum atomic E-state index is 12.5. The van der Waals surface area contributed by atoms with E-state index < -0.39 is 0 Å². The summed E-state index contributed by atoms with van der Waals surface area (Å²) in [5.41, 5.74) is 1.61. The van der Waals surface area contributed by atoms with Gasteiger partial charge in [0.25, 0.3) is 5.91 Å². The molecule has 2 rings (SSSR count). The largest absolute Gasteiger partial charge is 0.495 e. The molecule has 0 aliphatic carbocycles. The van der Waals surface area contributed by atoms with Gasteiger partial charge in [-0.15, -0.1) is 0 Å². The molecule has 0 spiro atoms. The molecule has 0 radical (unpaired) electrons. The van der Waals surface area contributed by atoms with E-state index in [1.165, 1.54) is 4.90 Å². The van der Waals surface area contributed by atoms with Crippen LogP contribution in [0, 0.1) is 0 Å². The lowest BCUT2D eigenvalue weighted by atomic mass is 10.1. The standard InChI is InChI=1S/C21H26N2O4/c1-4-16-10-6-8-12-18(16)27-15-21(25)23(5-2)14-20(24)22-17-11-7-9-13-19(17)26-3/h6-13H,4-5,14-15H2,1-3H3,(H,22,24). The zero-order valence-corrected chi connectivity index (χ0v) is 16.0. The number of hydrogen-bond acceptors (Lipinski definition) is 4. The highest BCUT2D eigenvalue weighted by Crippen LogP contribution is 2.23. The van der Waals surface area contributed by atoms with Crippen molar-refractivity contribution in [1.29, 1.82) is 0 Å². The van der Waals surface area contributed by atoms with Crippen LogP contribution in [0.5, 0.6) is 11.5 Å². The normalized spacial score (nSPS) is 10.2. The molecule has 27 heavy (non-hydrogen) atoms. The second-order valence-corrected chi connectivity index (χ2v) is 5.91. The van der Waals surface area contributed by atoms with Crippen LogP contribution in [0.2, 0.25) is 0 Å². The molecule has 2 amide bonds. The van der Waals surface area contributed by atoms with Crippen molar-refractivity contribution in [3.63, 3.8) is 0 Å². The van der Waals surface area contributed by atoms with Crippen molar-refractivity contribution in [3.05, 3.63) is 54.1 Å². The van der Waals surface area contributed by atoms with E-state index in [1.807, 2.05) is 44.2 Å². The van der Waals surface area contributed by atoms with E-state index in [1.54, 1.807) is 25.3 Å². The number of likely N-dealkylation sites (N-methyl/N-ethyl adjacent to an activating group) is 1. The maximum absolute atomic E-state index is 12.5. The van der Waals surface area contributed by atoms with Gasteiger partial charge in [0, 0.05) is 6.54 Å².